The summed E-state index contributed by atoms with van der Waals surface area (Å²) in [6, 6.07) is 9.45. The Morgan fingerprint density at radius 1 is 1.32 bits per heavy atom. The van der Waals surface area contributed by atoms with Crippen molar-refractivity contribution in [2.45, 2.75) is 26.2 Å². The van der Waals surface area contributed by atoms with E-state index >= 15 is 0 Å². The summed E-state index contributed by atoms with van der Waals surface area (Å²) in [5.41, 5.74) is 7.90. The first-order chi connectivity index (χ1) is 12.2. The van der Waals surface area contributed by atoms with Crippen LogP contribution in [0.15, 0.2) is 47.8 Å². The SMILES string of the molecule is CC1CCc2[nH]c3ccc(C(=O)N/N=C\c4ccncc4)cc3c2C1. The van der Waals surface area contributed by atoms with Crippen molar-refractivity contribution in [2.24, 2.45) is 11.0 Å². The summed E-state index contributed by atoms with van der Waals surface area (Å²) in [6.07, 6.45) is 8.36. The highest BCUT2D eigenvalue weighted by atomic mass is 16.2. The zero-order valence-corrected chi connectivity index (χ0v) is 14.1. The number of pyridine rings is 1. The molecule has 0 radical (unpaired) electrons. The van der Waals surface area contributed by atoms with Crippen molar-refractivity contribution >= 4 is 23.0 Å². The van der Waals surface area contributed by atoms with Crippen LogP contribution in [0.1, 0.15) is 40.5 Å². The highest BCUT2D eigenvalue weighted by molar-refractivity contribution is 5.99. The lowest BCUT2D eigenvalue weighted by molar-refractivity contribution is 0.0955. The molecule has 3 aromatic rings. The average Bonchev–Trinajstić information content (AvgIpc) is 2.99. The summed E-state index contributed by atoms with van der Waals surface area (Å²) in [4.78, 5) is 19.8. The van der Waals surface area contributed by atoms with Crippen LogP contribution in [0.5, 0.6) is 0 Å². The number of benzene rings is 1. The highest BCUT2D eigenvalue weighted by Crippen LogP contribution is 2.32. The van der Waals surface area contributed by atoms with Crippen molar-refractivity contribution < 1.29 is 4.79 Å². The molecule has 1 aliphatic carbocycles. The van der Waals surface area contributed by atoms with Gasteiger partial charge in [-0.15, -0.1) is 0 Å². The maximum atomic E-state index is 12.4. The Morgan fingerprint density at radius 3 is 3.00 bits per heavy atom. The maximum Gasteiger partial charge on any atom is 0.271 e. The second-order valence-corrected chi connectivity index (χ2v) is 6.67. The van der Waals surface area contributed by atoms with Gasteiger partial charge in [0.15, 0.2) is 0 Å². The standard InChI is InChI=1S/C20H20N4O/c1-13-2-4-18-16(10-13)17-11-15(3-5-19(17)23-18)20(25)24-22-12-14-6-8-21-9-7-14/h3,5-9,11-13,23H,2,4,10H2,1H3,(H,24,25)/b22-12-. The minimum absolute atomic E-state index is 0.203. The molecule has 2 heterocycles. The van der Waals surface area contributed by atoms with Crippen LogP contribution in [0.4, 0.5) is 0 Å². The molecule has 1 amide bonds. The number of H-pyrrole nitrogens is 1. The van der Waals surface area contributed by atoms with Crippen LogP contribution in [0.25, 0.3) is 10.9 Å². The van der Waals surface area contributed by atoms with Gasteiger partial charge in [0, 0.05) is 34.6 Å². The molecule has 126 valence electrons. The number of nitrogens with zero attached hydrogens (tertiary/aromatic N) is 2. The molecule has 2 N–H and O–H groups in total. The minimum Gasteiger partial charge on any atom is -0.358 e. The van der Waals surface area contributed by atoms with Crippen molar-refractivity contribution in [3.63, 3.8) is 0 Å². The zero-order chi connectivity index (χ0) is 17.2. The van der Waals surface area contributed by atoms with Crippen LogP contribution >= 0.6 is 0 Å². The molecule has 25 heavy (non-hydrogen) atoms. The van der Waals surface area contributed by atoms with Crippen LogP contribution in [-0.2, 0) is 12.8 Å². The molecule has 1 aromatic carbocycles. The summed E-state index contributed by atoms with van der Waals surface area (Å²) in [5.74, 6) is 0.486. The number of amides is 1. The Kier molecular flexibility index (Phi) is 4.06. The number of fused-ring (bicyclic) bond motifs is 3. The third-order valence-electron chi connectivity index (χ3n) is 4.78. The second-order valence-electron chi connectivity index (χ2n) is 6.67. The topological polar surface area (TPSA) is 70.1 Å². The first-order valence-corrected chi connectivity index (χ1v) is 8.57. The van der Waals surface area contributed by atoms with E-state index in [1.165, 1.54) is 17.7 Å². The van der Waals surface area contributed by atoms with E-state index in [4.69, 9.17) is 0 Å². The third-order valence-corrected chi connectivity index (χ3v) is 4.78. The number of aromatic amines is 1. The molecule has 0 bridgehead atoms. The molecule has 0 saturated carbocycles. The maximum absolute atomic E-state index is 12.4. The molecule has 2 aromatic heterocycles. The Balaban J connectivity index is 1.56. The monoisotopic (exact) mass is 332 g/mol. The first-order valence-electron chi connectivity index (χ1n) is 8.57. The van der Waals surface area contributed by atoms with E-state index in [2.05, 4.69) is 27.4 Å². The Hall–Kier alpha value is -2.95. The summed E-state index contributed by atoms with van der Waals surface area (Å²) in [5, 5.41) is 5.18. The van der Waals surface area contributed by atoms with E-state index in [1.807, 2.05) is 30.3 Å². The van der Waals surface area contributed by atoms with Crippen LogP contribution in [0, 0.1) is 5.92 Å². The molecule has 0 aliphatic heterocycles. The van der Waals surface area contributed by atoms with Gasteiger partial charge in [-0.1, -0.05) is 6.92 Å². The molecular weight excluding hydrogens is 312 g/mol. The van der Waals surface area contributed by atoms with Gasteiger partial charge in [-0.2, -0.15) is 5.10 Å². The molecule has 0 spiro atoms. The lowest BCUT2D eigenvalue weighted by Gasteiger charge is -2.18. The van der Waals surface area contributed by atoms with Gasteiger partial charge in [0.2, 0.25) is 0 Å². The number of rotatable bonds is 3. The number of aromatic nitrogens is 2. The van der Waals surface area contributed by atoms with E-state index in [-0.39, 0.29) is 5.91 Å². The van der Waals surface area contributed by atoms with Crippen molar-refractivity contribution in [1.29, 1.82) is 0 Å². The normalized spacial score (nSPS) is 16.9. The minimum atomic E-state index is -0.203. The van der Waals surface area contributed by atoms with Gasteiger partial charge in [-0.25, -0.2) is 5.43 Å². The van der Waals surface area contributed by atoms with Crippen molar-refractivity contribution in [1.82, 2.24) is 15.4 Å². The van der Waals surface area contributed by atoms with Gasteiger partial charge in [0.1, 0.15) is 0 Å². The first kappa shape index (κ1) is 15.6. The van der Waals surface area contributed by atoms with E-state index in [1.54, 1.807) is 18.6 Å². The van der Waals surface area contributed by atoms with E-state index in [0.29, 0.717) is 11.5 Å². The van der Waals surface area contributed by atoms with Gasteiger partial charge in [0.25, 0.3) is 5.91 Å². The Morgan fingerprint density at radius 2 is 2.16 bits per heavy atom. The fourth-order valence-electron chi connectivity index (χ4n) is 3.41. The van der Waals surface area contributed by atoms with Gasteiger partial charge in [0.05, 0.1) is 6.21 Å². The van der Waals surface area contributed by atoms with Gasteiger partial charge in [-0.3, -0.25) is 9.78 Å². The van der Waals surface area contributed by atoms with Gasteiger partial charge < -0.3 is 4.98 Å². The van der Waals surface area contributed by atoms with E-state index in [0.717, 1.165) is 29.3 Å². The molecule has 1 unspecified atom stereocenters. The quantitative estimate of drug-likeness (QED) is 0.570. The largest absolute Gasteiger partial charge is 0.358 e. The van der Waals surface area contributed by atoms with Crippen molar-refractivity contribution in [2.75, 3.05) is 0 Å². The molecule has 4 rings (SSSR count). The molecule has 5 heteroatoms. The molecule has 1 atom stereocenters. The molecule has 0 fully saturated rings. The average molecular weight is 332 g/mol. The molecule has 1 aliphatic rings. The van der Waals surface area contributed by atoms with Crippen LogP contribution in [0.3, 0.4) is 0 Å². The number of aryl methyl sites for hydroxylation is 1. The third kappa shape index (κ3) is 3.18. The predicted octanol–water partition coefficient (Wildman–Crippen LogP) is 3.45. The lowest BCUT2D eigenvalue weighted by atomic mass is 9.87. The summed E-state index contributed by atoms with van der Waals surface area (Å²) < 4.78 is 0. The predicted molar refractivity (Wildman–Crippen MR) is 98.8 cm³/mol. The Labute approximate surface area is 146 Å². The van der Waals surface area contributed by atoms with Crippen LogP contribution in [0.2, 0.25) is 0 Å². The number of hydrogen-bond donors (Lipinski definition) is 2. The fourth-order valence-corrected chi connectivity index (χ4v) is 3.41. The summed E-state index contributed by atoms with van der Waals surface area (Å²) >= 11 is 0. The lowest BCUT2D eigenvalue weighted by Crippen LogP contribution is -2.17. The molecular formula is C20H20N4O. The van der Waals surface area contributed by atoms with Crippen LogP contribution < -0.4 is 5.43 Å². The number of hydrogen-bond acceptors (Lipinski definition) is 3. The number of carbonyl (C=O) groups excluding carboxylic acids is 1. The number of nitrogens with one attached hydrogen (secondary N) is 2. The van der Waals surface area contributed by atoms with E-state index in [9.17, 15) is 4.79 Å². The van der Waals surface area contributed by atoms with Crippen molar-refractivity contribution in [3.05, 3.63) is 65.1 Å². The summed E-state index contributed by atoms with van der Waals surface area (Å²) in [7, 11) is 0. The second kappa shape index (κ2) is 6.51. The number of hydrazone groups is 1. The summed E-state index contributed by atoms with van der Waals surface area (Å²) in [6.45, 7) is 2.28. The Bertz CT molecular complexity index is 943. The molecule has 5 nitrogen and oxygen atoms in total. The van der Waals surface area contributed by atoms with Crippen molar-refractivity contribution in [3.8, 4) is 0 Å². The van der Waals surface area contributed by atoms with E-state index < -0.39 is 0 Å². The molecule has 0 saturated heterocycles. The highest BCUT2D eigenvalue weighted by Gasteiger charge is 2.20. The smallest absolute Gasteiger partial charge is 0.271 e. The van der Waals surface area contributed by atoms with Crippen LogP contribution in [-0.4, -0.2) is 22.1 Å². The number of carbonyl (C=O) groups is 1. The fraction of sp³-hybridized carbons (Fsp3) is 0.250. The zero-order valence-electron chi connectivity index (χ0n) is 14.1. The van der Waals surface area contributed by atoms with Gasteiger partial charge >= 0.3 is 0 Å². The van der Waals surface area contributed by atoms with Gasteiger partial charge in [-0.05, 0) is 66.6 Å².